The summed E-state index contributed by atoms with van der Waals surface area (Å²) in [6, 6.07) is 3.94. The monoisotopic (exact) mass is 316 g/mol. The van der Waals surface area contributed by atoms with Gasteiger partial charge in [-0.1, -0.05) is 0 Å². The smallest absolute Gasteiger partial charge is 0.251 e. The van der Waals surface area contributed by atoms with Gasteiger partial charge in [-0.2, -0.15) is 0 Å². The number of imidazole rings is 1. The molecule has 1 unspecified atom stereocenters. The molecule has 0 radical (unpaired) electrons. The largest absolute Gasteiger partial charge is 0.395 e. The molecule has 0 aromatic carbocycles. The summed E-state index contributed by atoms with van der Waals surface area (Å²) in [4.78, 5) is 18.7. The number of aromatic nitrogens is 2. The van der Waals surface area contributed by atoms with Crippen LogP contribution in [0.25, 0.3) is 5.65 Å². The van der Waals surface area contributed by atoms with Crippen LogP contribution >= 0.6 is 0 Å². The van der Waals surface area contributed by atoms with Gasteiger partial charge in [-0.3, -0.25) is 9.69 Å². The van der Waals surface area contributed by atoms with Gasteiger partial charge in [-0.25, -0.2) is 4.98 Å². The van der Waals surface area contributed by atoms with Gasteiger partial charge in [0.15, 0.2) is 0 Å². The van der Waals surface area contributed by atoms with E-state index in [0.29, 0.717) is 18.2 Å². The van der Waals surface area contributed by atoms with Crippen LogP contribution in [-0.4, -0.2) is 57.6 Å². The Morgan fingerprint density at radius 2 is 2.30 bits per heavy atom. The van der Waals surface area contributed by atoms with Crippen molar-refractivity contribution in [2.24, 2.45) is 0 Å². The minimum absolute atomic E-state index is 0.0510. The third-order valence-electron chi connectivity index (χ3n) is 4.53. The van der Waals surface area contributed by atoms with Crippen LogP contribution in [0.5, 0.6) is 0 Å². The van der Waals surface area contributed by atoms with Crippen LogP contribution in [0.1, 0.15) is 36.0 Å². The number of nitrogens with one attached hydrogen (secondary N) is 1. The minimum atomic E-state index is -0.0510. The minimum Gasteiger partial charge on any atom is -0.395 e. The first-order chi connectivity index (χ1) is 11.3. The lowest BCUT2D eigenvalue weighted by Crippen LogP contribution is -2.33. The molecule has 2 N–H and O–H groups in total. The molecule has 0 spiro atoms. The second kappa shape index (κ2) is 7.57. The summed E-state index contributed by atoms with van der Waals surface area (Å²) < 4.78 is 1.88. The molecule has 1 saturated heterocycles. The van der Waals surface area contributed by atoms with Crippen molar-refractivity contribution in [1.82, 2.24) is 19.6 Å². The van der Waals surface area contributed by atoms with Crippen LogP contribution in [0.3, 0.4) is 0 Å². The highest BCUT2D eigenvalue weighted by Gasteiger charge is 2.22. The standard InChI is InChI=1S/C17H24N4O2/c22-13-15-4-3-9-20(15)8-2-1-6-19-17(23)14-5-10-21-11-7-18-16(21)12-14/h5,7,10-12,15,22H,1-4,6,8-9,13H2,(H,19,23). The molecule has 1 atom stereocenters. The fourth-order valence-electron chi connectivity index (χ4n) is 3.19. The number of unbranched alkanes of at least 4 members (excludes halogenated alkanes) is 1. The van der Waals surface area contributed by atoms with Crippen LogP contribution in [0, 0.1) is 0 Å². The van der Waals surface area contributed by atoms with Gasteiger partial charge in [0.05, 0.1) is 6.61 Å². The molecule has 0 aliphatic carbocycles. The Morgan fingerprint density at radius 1 is 1.39 bits per heavy atom. The van der Waals surface area contributed by atoms with Crippen LogP contribution in [-0.2, 0) is 0 Å². The van der Waals surface area contributed by atoms with Crippen molar-refractivity contribution in [2.45, 2.75) is 31.7 Å². The number of pyridine rings is 1. The third-order valence-corrected chi connectivity index (χ3v) is 4.53. The molecule has 3 rings (SSSR count). The van der Waals surface area contributed by atoms with Crippen LogP contribution in [0.2, 0.25) is 0 Å². The first-order valence-corrected chi connectivity index (χ1v) is 8.34. The number of hydrogen-bond donors (Lipinski definition) is 2. The highest BCUT2D eigenvalue weighted by atomic mass is 16.3. The molecule has 1 aliphatic rings. The number of amides is 1. The van der Waals surface area contributed by atoms with Gasteiger partial charge in [-0.15, -0.1) is 0 Å². The average molecular weight is 316 g/mol. The molecular formula is C17H24N4O2. The predicted octanol–water partition coefficient (Wildman–Crippen LogP) is 1.30. The fraction of sp³-hybridized carbons (Fsp3) is 0.529. The Bertz CT molecular complexity index is 655. The maximum atomic E-state index is 12.1. The number of aliphatic hydroxyl groups is 1. The maximum Gasteiger partial charge on any atom is 0.251 e. The normalized spacial score (nSPS) is 18.6. The van der Waals surface area contributed by atoms with Crippen LogP contribution < -0.4 is 5.32 Å². The van der Waals surface area contributed by atoms with E-state index in [-0.39, 0.29) is 12.5 Å². The summed E-state index contributed by atoms with van der Waals surface area (Å²) in [6.07, 6.45) is 9.69. The Hall–Kier alpha value is -1.92. The number of nitrogens with zero attached hydrogens (tertiary/aromatic N) is 3. The van der Waals surface area contributed by atoms with Gasteiger partial charge < -0.3 is 14.8 Å². The zero-order valence-corrected chi connectivity index (χ0v) is 13.3. The number of rotatable bonds is 7. The maximum absolute atomic E-state index is 12.1. The number of carbonyl (C=O) groups excluding carboxylic acids is 1. The molecule has 1 fully saturated rings. The number of likely N-dealkylation sites (tertiary alicyclic amines) is 1. The SMILES string of the molecule is O=C(NCCCCN1CCCC1CO)c1ccn2ccnc2c1. The summed E-state index contributed by atoms with van der Waals surface area (Å²) in [6.45, 7) is 3.02. The fourth-order valence-corrected chi connectivity index (χ4v) is 3.19. The molecule has 6 nitrogen and oxygen atoms in total. The lowest BCUT2D eigenvalue weighted by molar-refractivity contribution is 0.0952. The molecular weight excluding hydrogens is 292 g/mol. The topological polar surface area (TPSA) is 69.9 Å². The zero-order chi connectivity index (χ0) is 16.1. The van der Waals surface area contributed by atoms with E-state index in [0.717, 1.165) is 38.0 Å². The second-order valence-electron chi connectivity index (χ2n) is 6.09. The Morgan fingerprint density at radius 3 is 3.17 bits per heavy atom. The molecule has 2 aromatic rings. The predicted molar refractivity (Wildman–Crippen MR) is 88.4 cm³/mol. The molecule has 6 heteroatoms. The molecule has 0 bridgehead atoms. The van der Waals surface area contributed by atoms with Crippen molar-refractivity contribution in [3.63, 3.8) is 0 Å². The summed E-state index contributed by atoms with van der Waals surface area (Å²) in [7, 11) is 0. The van der Waals surface area contributed by atoms with Crippen molar-refractivity contribution in [3.8, 4) is 0 Å². The lowest BCUT2D eigenvalue weighted by atomic mass is 10.2. The van der Waals surface area contributed by atoms with Crippen LogP contribution in [0.15, 0.2) is 30.7 Å². The number of fused-ring (bicyclic) bond motifs is 1. The molecule has 1 amide bonds. The Kier molecular flexibility index (Phi) is 5.25. The molecule has 23 heavy (non-hydrogen) atoms. The highest BCUT2D eigenvalue weighted by molar-refractivity contribution is 5.94. The summed E-state index contributed by atoms with van der Waals surface area (Å²) in [5.74, 6) is -0.0510. The first kappa shape index (κ1) is 16.0. The number of carbonyl (C=O) groups is 1. The number of aliphatic hydroxyl groups excluding tert-OH is 1. The average Bonchev–Trinajstić information content (AvgIpc) is 3.22. The van der Waals surface area contributed by atoms with Crippen molar-refractivity contribution < 1.29 is 9.90 Å². The van der Waals surface area contributed by atoms with E-state index in [1.54, 1.807) is 18.3 Å². The first-order valence-electron chi connectivity index (χ1n) is 8.34. The van der Waals surface area contributed by atoms with E-state index in [9.17, 15) is 9.90 Å². The highest BCUT2D eigenvalue weighted by Crippen LogP contribution is 2.16. The van der Waals surface area contributed by atoms with E-state index in [2.05, 4.69) is 15.2 Å². The molecule has 2 aromatic heterocycles. The van der Waals surface area contributed by atoms with Gasteiger partial charge in [-0.05, 0) is 50.9 Å². The van der Waals surface area contributed by atoms with Crippen molar-refractivity contribution in [1.29, 1.82) is 0 Å². The van der Waals surface area contributed by atoms with E-state index in [1.807, 2.05) is 16.8 Å². The van der Waals surface area contributed by atoms with E-state index in [4.69, 9.17) is 0 Å². The van der Waals surface area contributed by atoms with Gasteiger partial charge in [0.25, 0.3) is 5.91 Å². The Balaban J connectivity index is 1.39. The summed E-state index contributed by atoms with van der Waals surface area (Å²) >= 11 is 0. The second-order valence-corrected chi connectivity index (χ2v) is 6.09. The van der Waals surface area contributed by atoms with Crippen LogP contribution in [0.4, 0.5) is 0 Å². The van der Waals surface area contributed by atoms with Crippen molar-refractivity contribution >= 4 is 11.6 Å². The summed E-state index contributed by atoms with van der Waals surface area (Å²) in [5, 5.41) is 12.3. The van der Waals surface area contributed by atoms with Gasteiger partial charge >= 0.3 is 0 Å². The Labute approximate surface area is 136 Å². The van der Waals surface area contributed by atoms with Gasteiger partial charge in [0.2, 0.25) is 0 Å². The van der Waals surface area contributed by atoms with E-state index in [1.165, 1.54) is 6.42 Å². The number of hydrogen-bond acceptors (Lipinski definition) is 4. The van der Waals surface area contributed by atoms with E-state index >= 15 is 0 Å². The zero-order valence-electron chi connectivity index (χ0n) is 13.3. The van der Waals surface area contributed by atoms with Crippen molar-refractivity contribution in [3.05, 3.63) is 36.3 Å². The molecule has 124 valence electrons. The quantitative estimate of drug-likeness (QED) is 0.756. The molecule has 0 saturated carbocycles. The molecule has 1 aliphatic heterocycles. The lowest BCUT2D eigenvalue weighted by Gasteiger charge is -2.22. The third kappa shape index (κ3) is 3.89. The van der Waals surface area contributed by atoms with E-state index < -0.39 is 0 Å². The summed E-state index contributed by atoms with van der Waals surface area (Å²) in [5.41, 5.74) is 1.42. The van der Waals surface area contributed by atoms with Crippen molar-refractivity contribution in [2.75, 3.05) is 26.2 Å². The van der Waals surface area contributed by atoms with Gasteiger partial charge in [0, 0.05) is 36.7 Å². The van der Waals surface area contributed by atoms with Gasteiger partial charge in [0.1, 0.15) is 5.65 Å². The molecule has 3 heterocycles.